The van der Waals surface area contributed by atoms with E-state index in [-0.39, 0.29) is 11.9 Å². The minimum Gasteiger partial charge on any atom is -0.355 e. The Morgan fingerprint density at radius 1 is 1.17 bits per heavy atom. The molecule has 3 rings (SSSR count). The van der Waals surface area contributed by atoms with Crippen molar-refractivity contribution in [3.05, 3.63) is 34.9 Å². The third-order valence-corrected chi connectivity index (χ3v) is 6.64. The second-order valence-corrected chi connectivity index (χ2v) is 8.92. The van der Waals surface area contributed by atoms with Crippen LogP contribution in [-0.2, 0) is 11.3 Å². The number of piperidine rings is 1. The Morgan fingerprint density at radius 2 is 1.93 bits per heavy atom. The first kappa shape index (κ1) is 22.3. The van der Waals surface area contributed by atoms with E-state index in [1.807, 2.05) is 6.92 Å². The minimum absolute atomic E-state index is 0.00813. The second kappa shape index (κ2) is 10.6. The van der Waals surface area contributed by atoms with Crippen molar-refractivity contribution in [2.24, 2.45) is 0 Å². The number of nitrogens with one attached hydrogen (secondary N) is 2. The molecule has 2 aliphatic rings. The molecule has 2 N–H and O–H groups in total. The van der Waals surface area contributed by atoms with Crippen LogP contribution in [0.4, 0.5) is 0 Å². The van der Waals surface area contributed by atoms with E-state index in [0.717, 1.165) is 32.6 Å². The van der Waals surface area contributed by atoms with Gasteiger partial charge >= 0.3 is 0 Å². The molecule has 0 unspecified atom stereocenters. The number of likely N-dealkylation sites (N-methyl/N-ethyl adjacent to an activating group) is 1. The van der Waals surface area contributed by atoms with Gasteiger partial charge in [-0.05, 0) is 77.2 Å². The van der Waals surface area contributed by atoms with Gasteiger partial charge < -0.3 is 15.5 Å². The standard InChI is InChI=1S/C24H40N4O/c1-5-11-27-12-9-22(10-13-27)28-17-21(15-23(28)24(29)25-6-2)26-16-20-14-18(3)7-8-19(20)4/h7-8,14,21-23,26H,5-6,9-13,15-17H2,1-4H3,(H,25,29)/t21-,23+/m1/s1. The number of hydrogen-bond acceptors (Lipinski definition) is 4. The summed E-state index contributed by atoms with van der Waals surface area (Å²) in [7, 11) is 0. The van der Waals surface area contributed by atoms with Gasteiger partial charge in [-0.3, -0.25) is 9.69 Å². The molecule has 2 atom stereocenters. The van der Waals surface area contributed by atoms with Crippen molar-refractivity contribution < 1.29 is 4.79 Å². The summed E-state index contributed by atoms with van der Waals surface area (Å²) in [5, 5.41) is 6.84. The zero-order valence-corrected chi connectivity index (χ0v) is 18.8. The van der Waals surface area contributed by atoms with Gasteiger partial charge in [0.2, 0.25) is 5.91 Å². The summed E-state index contributed by atoms with van der Waals surface area (Å²) in [6.45, 7) is 14.7. The molecule has 5 heteroatoms. The maximum absolute atomic E-state index is 12.8. The third kappa shape index (κ3) is 5.80. The molecular formula is C24H40N4O. The third-order valence-electron chi connectivity index (χ3n) is 6.64. The number of amides is 1. The average molecular weight is 401 g/mol. The number of likely N-dealkylation sites (tertiary alicyclic amines) is 2. The first-order valence-corrected chi connectivity index (χ1v) is 11.6. The number of rotatable bonds is 8. The molecule has 2 aliphatic heterocycles. The number of nitrogens with zero attached hydrogens (tertiary/aromatic N) is 2. The van der Waals surface area contributed by atoms with E-state index in [1.165, 1.54) is 42.5 Å². The largest absolute Gasteiger partial charge is 0.355 e. The quantitative estimate of drug-likeness (QED) is 0.704. The van der Waals surface area contributed by atoms with Crippen LogP contribution in [0.15, 0.2) is 18.2 Å². The summed E-state index contributed by atoms with van der Waals surface area (Å²) < 4.78 is 0. The van der Waals surface area contributed by atoms with E-state index in [9.17, 15) is 4.79 Å². The van der Waals surface area contributed by atoms with Crippen LogP contribution >= 0.6 is 0 Å². The van der Waals surface area contributed by atoms with Crippen molar-refractivity contribution in [3.63, 3.8) is 0 Å². The maximum atomic E-state index is 12.8. The average Bonchev–Trinajstić information content (AvgIpc) is 3.14. The van der Waals surface area contributed by atoms with Gasteiger partial charge in [0.15, 0.2) is 0 Å². The monoisotopic (exact) mass is 400 g/mol. The Hall–Kier alpha value is -1.43. The molecule has 0 saturated carbocycles. The molecule has 0 aliphatic carbocycles. The molecule has 5 nitrogen and oxygen atoms in total. The van der Waals surface area contributed by atoms with Crippen molar-refractivity contribution in [3.8, 4) is 0 Å². The molecule has 0 aromatic heterocycles. The van der Waals surface area contributed by atoms with Crippen LogP contribution in [0.25, 0.3) is 0 Å². The fraction of sp³-hybridized carbons (Fsp3) is 0.708. The SMILES string of the molecule is CCCN1CCC(N2C[C@H](NCc3cc(C)ccc3C)C[C@H]2C(=O)NCC)CC1. The van der Waals surface area contributed by atoms with E-state index in [2.05, 4.69) is 59.4 Å². The van der Waals surface area contributed by atoms with Crippen LogP contribution in [0.2, 0.25) is 0 Å². The lowest BCUT2D eigenvalue weighted by molar-refractivity contribution is -0.126. The van der Waals surface area contributed by atoms with E-state index >= 15 is 0 Å². The summed E-state index contributed by atoms with van der Waals surface area (Å²) in [5.41, 5.74) is 4.01. The van der Waals surface area contributed by atoms with Crippen molar-refractivity contribution in [1.82, 2.24) is 20.4 Å². The van der Waals surface area contributed by atoms with Crippen LogP contribution in [0.1, 0.15) is 56.2 Å². The molecule has 0 spiro atoms. The van der Waals surface area contributed by atoms with Gasteiger partial charge in [0.1, 0.15) is 0 Å². The lowest BCUT2D eigenvalue weighted by Gasteiger charge is -2.39. The van der Waals surface area contributed by atoms with Crippen molar-refractivity contribution in [2.75, 3.05) is 32.7 Å². The molecular weight excluding hydrogens is 360 g/mol. The van der Waals surface area contributed by atoms with Gasteiger partial charge in [-0.1, -0.05) is 30.7 Å². The Balaban J connectivity index is 1.62. The molecule has 29 heavy (non-hydrogen) atoms. The van der Waals surface area contributed by atoms with Crippen molar-refractivity contribution in [1.29, 1.82) is 0 Å². The van der Waals surface area contributed by atoms with Crippen LogP contribution in [-0.4, -0.2) is 66.6 Å². The Labute approximate surface area is 177 Å². The fourth-order valence-corrected chi connectivity index (χ4v) is 5.00. The van der Waals surface area contributed by atoms with Crippen LogP contribution in [0.5, 0.6) is 0 Å². The lowest BCUT2D eigenvalue weighted by atomic mass is 10.0. The smallest absolute Gasteiger partial charge is 0.237 e. The van der Waals surface area contributed by atoms with Gasteiger partial charge in [-0.15, -0.1) is 0 Å². The Kier molecular flexibility index (Phi) is 8.10. The summed E-state index contributed by atoms with van der Waals surface area (Å²) in [6.07, 6.45) is 4.49. The fourth-order valence-electron chi connectivity index (χ4n) is 5.00. The van der Waals surface area contributed by atoms with Gasteiger partial charge in [-0.2, -0.15) is 0 Å². The molecule has 0 radical (unpaired) electrons. The number of benzene rings is 1. The van der Waals surface area contributed by atoms with Crippen molar-refractivity contribution in [2.45, 2.75) is 78.0 Å². The normalized spacial score (nSPS) is 24.1. The van der Waals surface area contributed by atoms with Gasteiger partial charge in [0.05, 0.1) is 6.04 Å². The lowest BCUT2D eigenvalue weighted by Crippen LogP contribution is -2.51. The zero-order valence-electron chi connectivity index (χ0n) is 18.8. The predicted octanol–water partition coefficient (Wildman–Crippen LogP) is 2.85. The van der Waals surface area contributed by atoms with Crippen LogP contribution in [0.3, 0.4) is 0 Å². The van der Waals surface area contributed by atoms with E-state index in [0.29, 0.717) is 18.6 Å². The first-order valence-electron chi connectivity index (χ1n) is 11.6. The van der Waals surface area contributed by atoms with E-state index in [4.69, 9.17) is 0 Å². The zero-order chi connectivity index (χ0) is 20.8. The highest BCUT2D eigenvalue weighted by molar-refractivity contribution is 5.82. The Morgan fingerprint density at radius 3 is 2.62 bits per heavy atom. The maximum Gasteiger partial charge on any atom is 0.237 e. The second-order valence-electron chi connectivity index (χ2n) is 8.92. The number of aryl methyl sites for hydroxylation is 2. The highest BCUT2D eigenvalue weighted by atomic mass is 16.2. The van der Waals surface area contributed by atoms with Gasteiger partial charge in [0.25, 0.3) is 0 Å². The molecule has 2 fully saturated rings. The van der Waals surface area contributed by atoms with E-state index in [1.54, 1.807) is 0 Å². The topological polar surface area (TPSA) is 47.6 Å². The predicted molar refractivity (Wildman–Crippen MR) is 120 cm³/mol. The molecule has 1 aromatic rings. The van der Waals surface area contributed by atoms with Gasteiger partial charge in [-0.25, -0.2) is 0 Å². The Bertz CT molecular complexity index is 669. The molecule has 162 valence electrons. The molecule has 1 aromatic carbocycles. The highest BCUT2D eigenvalue weighted by Gasteiger charge is 2.40. The summed E-state index contributed by atoms with van der Waals surface area (Å²) in [6, 6.07) is 7.56. The van der Waals surface area contributed by atoms with Crippen LogP contribution < -0.4 is 10.6 Å². The first-order chi connectivity index (χ1) is 14.0. The highest BCUT2D eigenvalue weighted by Crippen LogP contribution is 2.27. The summed E-state index contributed by atoms with van der Waals surface area (Å²) >= 11 is 0. The van der Waals surface area contributed by atoms with Gasteiger partial charge in [0, 0.05) is 31.7 Å². The summed E-state index contributed by atoms with van der Waals surface area (Å²) in [4.78, 5) is 17.9. The van der Waals surface area contributed by atoms with E-state index < -0.39 is 0 Å². The summed E-state index contributed by atoms with van der Waals surface area (Å²) in [5.74, 6) is 0.208. The minimum atomic E-state index is 0.00813. The van der Waals surface area contributed by atoms with Crippen LogP contribution in [0, 0.1) is 13.8 Å². The van der Waals surface area contributed by atoms with Crippen molar-refractivity contribution >= 4 is 5.91 Å². The number of carbonyl (C=O) groups excluding carboxylic acids is 1. The molecule has 2 heterocycles. The molecule has 2 saturated heterocycles. The number of hydrogen-bond donors (Lipinski definition) is 2. The molecule has 1 amide bonds. The molecule has 0 bridgehead atoms. The number of carbonyl (C=O) groups is 1.